The number of rotatable bonds is 10. The summed E-state index contributed by atoms with van der Waals surface area (Å²) in [5.41, 5.74) is -0.953. The van der Waals surface area contributed by atoms with Crippen molar-refractivity contribution in [1.82, 2.24) is 10.2 Å². The van der Waals surface area contributed by atoms with E-state index in [4.69, 9.17) is 11.6 Å². The fourth-order valence-corrected chi connectivity index (χ4v) is 6.84. The second kappa shape index (κ2) is 14.2. The van der Waals surface area contributed by atoms with Gasteiger partial charge in [-0.25, -0.2) is 12.8 Å². The first-order valence-corrected chi connectivity index (χ1v) is 16.3. The molecule has 4 rings (SSSR count). The zero-order valence-corrected chi connectivity index (χ0v) is 26.4. The maximum absolute atomic E-state index is 14.8. The molecule has 0 aliphatic heterocycles. The first-order valence-electron chi connectivity index (χ1n) is 14.5. The van der Waals surface area contributed by atoms with E-state index >= 15 is 0 Å². The van der Waals surface area contributed by atoms with E-state index in [2.05, 4.69) is 5.32 Å². The van der Waals surface area contributed by atoms with Crippen molar-refractivity contribution in [1.29, 1.82) is 0 Å². The van der Waals surface area contributed by atoms with Gasteiger partial charge in [-0.2, -0.15) is 13.2 Å². The minimum absolute atomic E-state index is 0.0713. The van der Waals surface area contributed by atoms with Gasteiger partial charge in [-0.1, -0.05) is 66.8 Å². The third kappa shape index (κ3) is 8.35. The summed E-state index contributed by atoms with van der Waals surface area (Å²) >= 11 is 5.81. The Morgan fingerprint density at radius 3 is 2.27 bits per heavy atom. The molecule has 0 radical (unpaired) electrons. The van der Waals surface area contributed by atoms with Crippen LogP contribution in [0.25, 0.3) is 0 Å². The van der Waals surface area contributed by atoms with E-state index in [0.29, 0.717) is 10.4 Å². The van der Waals surface area contributed by atoms with E-state index in [1.54, 1.807) is 13.0 Å². The minimum atomic E-state index is -4.92. The number of hydrogen-bond acceptors (Lipinski definition) is 4. The van der Waals surface area contributed by atoms with Crippen molar-refractivity contribution in [3.63, 3.8) is 0 Å². The summed E-state index contributed by atoms with van der Waals surface area (Å²) in [7, 11) is -4.62. The number of carbonyl (C=O) groups is 2. The van der Waals surface area contributed by atoms with Gasteiger partial charge in [0.05, 0.1) is 21.2 Å². The maximum atomic E-state index is 14.8. The zero-order valence-electron chi connectivity index (χ0n) is 24.8. The third-order valence-corrected chi connectivity index (χ3v) is 9.97. The lowest BCUT2D eigenvalue weighted by atomic mass is 9.95. The molecule has 0 bridgehead atoms. The number of alkyl halides is 3. The number of nitrogens with one attached hydrogen (secondary N) is 1. The van der Waals surface area contributed by atoms with Crippen LogP contribution in [0.15, 0.2) is 71.6 Å². The smallest absolute Gasteiger partial charge is 0.352 e. The SMILES string of the molecule is Cc1ccc(S(=O)(=O)N(CC(=O)N(Cc2ccccc2F)[C@H](C)C(=O)NC2CCCCC2)c2ccc(Cl)c(C(F)(F)F)c2)cc1. The number of nitrogens with zero attached hydrogens (tertiary/aromatic N) is 2. The number of aryl methyl sites for hydroxylation is 1. The number of carbonyl (C=O) groups excluding carboxylic acids is 2. The van der Waals surface area contributed by atoms with E-state index in [0.717, 1.165) is 54.7 Å². The standard InChI is InChI=1S/C32H34ClF4N3O4S/c1-21-12-15-26(16-13-21)45(43,44)40(25-14-17-28(33)27(18-25)32(35,36)37)20-30(41)39(19-23-8-6-7-11-29(23)34)22(2)31(42)38-24-9-4-3-5-10-24/h6-8,11-18,22,24H,3-5,9-10,19-20H2,1-2H3,(H,38,42)/t22-/m1/s1. The molecule has 0 saturated heterocycles. The monoisotopic (exact) mass is 667 g/mol. The molecule has 3 aromatic rings. The Morgan fingerprint density at radius 2 is 1.64 bits per heavy atom. The number of sulfonamides is 1. The van der Waals surface area contributed by atoms with E-state index in [1.165, 1.54) is 49.4 Å². The van der Waals surface area contributed by atoms with Crippen LogP contribution in [-0.4, -0.2) is 43.8 Å². The second-order valence-electron chi connectivity index (χ2n) is 11.1. The average molecular weight is 668 g/mol. The van der Waals surface area contributed by atoms with Gasteiger partial charge in [0.1, 0.15) is 18.4 Å². The summed E-state index contributed by atoms with van der Waals surface area (Å²) < 4.78 is 84.6. The van der Waals surface area contributed by atoms with E-state index in [-0.39, 0.29) is 16.5 Å². The molecule has 7 nitrogen and oxygen atoms in total. The van der Waals surface area contributed by atoms with Gasteiger partial charge >= 0.3 is 6.18 Å². The van der Waals surface area contributed by atoms with Crippen molar-refractivity contribution in [3.8, 4) is 0 Å². The van der Waals surface area contributed by atoms with Crippen LogP contribution in [0.5, 0.6) is 0 Å². The predicted octanol–water partition coefficient (Wildman–Crippen LogP) is 6.87. The first-order chi connectivity index (χ1) is 21.2. The molecule has 0 spiro atoms. The van der Waals surface area contributed by atoms with Gasteiger partial charge in [-0.3, -0.25) is 13.9 Å². The quantitative estimate of drug-likeness (QED) is 0.239. The number of hydrogen-bond donors (Lipinski definition) is 1. The Balaban J connectivity index is 1.75. The van der Waals surface area contributed by atoms with Gasteiger partial charge in [0.2, 0.25) is 11.8 Å². The molecule has 1 fully saturated rings. The topological polar surface area (TPSA) is 86.8 Å². The van der Waals surface area contributed by atoms with Crippen LogP contribution >= 0.6 is 11.6 Å². The van der Waals surface area contributed by atoms with Crippen LogP contribution in [0.4, 0.5) is 23.2 Å². The highest BCUT2D eigenvalue weighted by Crippen LogP contribution is 2.38. The Kier molecular flexibility index (Phi) is 10.8. The van der Waals surface area contributed by atoms with Gasteiger partial charge in [0.25, 0.3) is 10.0 Å². The van der Waals surface area contributed by atoms with Crippen LogP contribution in [0.1, 0.15) is 55.7 Å². The molecule has 1 aliphatic rings. The predicted molar refractivity (Wildman–Crippen MR) is 164 cm³/mol. The Bertz CT molecular complexity index is 1630. The van der Waals surface area contributed by atoms with Gasteiger partial charge in [0.15, 0.2) is 0 Å². The Hall–Kier alpha value is -3.64. The highest BCUT2D eigenvalue weighted by Gasteiger charge is 2.37. The summed E-state index contributed by atoms with van der Waals surface area (Å²) in [6.45, 7) is 1.80. The number of amides is 2. The first kappa shape index (κ1) is 34.2. The van der Waals surface area contributed by atoms with Gasteiger partial charge in [0, 0.05) is 18.2 Å². The maximum Gasteiger partial charge on any atom is 0.417 e. The molecule has 45 heavy (non-hydrogen) atoms. The summed E-state index contributed by atoms with van der Waals surface area (Å²) in [6, 6.07) is 12.5. The summed E-state index contributed by atoms with van der Waals surface area (Å²) in [5, 5.41) is 2.28. The van der Waals surface area contributed by atoms with Crippen molar-refractivity contribution in [2.45, 2.75) is 75.7 Å². The lowest BCUT2D eigenvalue weighted by Gasteiger charge is -2.33. The van der Waals surface area contributed by atoms with Crippen molar-refractivity contribution in [3.05, 3.63) is 94.3 Å². The molecule has 1 aliphatic carbocycles. The number of halogens is 5. The molecule has 242 valence electrons. The van der Waals surface area contributed by atoms with Crippen LogP contribution in [0.3, 0.4) is 0 Å². The largest absolute Gasteiger partial charge is 0.417 e. The Morgan fingerprint density at radius 1 is 1.00 bits per heavy atom. The summed E-state index contributed by atoms with van der Waals surface area (Å²) in [5.74, 6) is -2.08. The molecular weight excluding hydrogens is 634 g/mol. The van der Waals surface area contributed by atoms with Gasteiger partial charge in [-0.05, 0) is 63.1 Å². The molecule has 3 aromatic carbocycles. The van der Waals surface area contributed by atoms with Crippen molar-refractivity contribution >= 4 is 39.1 Å². The lowest BCUT2D eigenvalue weighted by Crippen LogP contribution is -2.53. The van der Waals surface area contributed by atoms with E-state index in [1.807, 2.05) is 0 Å². The molecule has 1 atom stereocenters. The molecule has 1 saturated carbocycles. The van der Waals surface area contributed by atoms with Gasteiger partial charge in [-0.15, -0.1) is 0 Å². The normalized spacial score (nSPS) is 14.9. The van der Waals surface area contributed by atoms with Crippen LogP contribution in [0.2, 0.25) is 5.02 Å². The molecule has 0 unspecified atom stereocenters. The molecule has 2 amide bonds. The second-order valence-corrected chi connectivity index (χ2v) is 13.4. The van der Waals surface area contributed by atoms with Crippen molar-refractivity contribution in [2.75, 3.05) is 10.8 Å². The summed E-state index contributed by atoms with van der Waals surface area (Å²) in [6.07, 6.45) is -0.473. The fraction of sp³-hybridized carbons (Fsp3) is 0.375. The van der Waals surface area contributed by atoms with Crippen LogP contribution in [-0.2, 0) is 32.3 Å². The highest BCUT2D eigenvalue weighted by molar-refractivity contribution is 7.92. The molecular formula is C32H34ClF4N3O4S. The number of anilines is 1. The van der Waals surface area contributed by atoms with Crippen LogP contribution < -0.4 is 9.62 Å². The number of benzene rings is 3. The van der Waals surface area contributed by atoms with E-state index < -0.39 is 69.2 Å². The fourth-order valence-electron chi connectivity index (χ4n) is 5.21. The van der Waals surface area contributed by atoms with Crippen molar-refractivity contribution < 1.29 is 35.6 Å². The lowest BCUT2D eigenvalue weighted by molar-refractivity contribution is -0.139. The molecule has 0 heterocycles. The Labute approximate surface area is 265 Å². The van der Waals surface area contributed by atoms with Gasteiger partial charge < -0.3 is 10.2 Å². The highest BCUT2D eigenvalue weighted by atomic mass is 35.5. The molecule has 13 heteroatoms. The molecule has 0 aromatic heterocycles. The average Bonchev–Trinajstić information content (AvgIpc) is 2.99. The summed E-state index contributed by atoms with van der Waals surface area (Å²) in [4.78, 5) is 28.2. The van der Waals surface area contributed by atoms with Crippen LogP contribution in [0, 0.1) is 12.7 Å². The molecule has 1 N–H and O–H groups in total. The zero-order chi connectivity index (χ0) is 32.9. The minimum Gasteiger partial charge on any atom is -0.352 e. The third-order valence-electron chi connectivity index (χ3n) is 7.85. The van der Waals surface area contributed by atoms with Crippen molar-refractivity contribution in [2.24, 2.45) is 0 Å². The van der Waals surface area contributed by atoms with E-state index in [9.17, 15) is 35.6 Å².